The van der Waals surface area contributed by atoms with E-state index in [0.29, 0.717) is 11.1 Å². The maximum Gasteiger partial charge on any atom is 0.280 e. The summed E-state index contributed by atoms with van der Waals surface area (Å²) >= 11 is 0. The third-order valence-electron chi connectivity index (χ3n) is 2.79. The highest BCUT2D eigenvalue weighted by molar-refractivity contribution is 5.96. The third-order valence-corrected chi connectivity index (χ3v) is 2.79. The Labute approximate surface area is 113 Å². The third kappa shape index (κ3) is 2.71. The number of halogens is 2. The van der Waals surface area contributed by atoms with Gasteiger partial charge in [0.2, 0.25) is 0 Å². The van der Waals surface area contributed by atoms with E-state index >= 15 is 0 Å². The molecule has 0 aliphatic heterocycles. The predicted molar refractivity (Wildman–Crippen MR) is 69.7 cm³/mol. The van der Waals surface area contributed by atoms with Crippen LogP contribution in [0.4, 0.5) is 8.78 Å². The Kier molecular flexibility index (Phi) is 3.88. The Hall–Kier alpha value is -2.57. The van der Waals surface area contributed by atoms with Crippen molar-refractivity contribution in [2.45, 2.75) is 13.3 Å². The van der Waals surface area contributed by atoms with Gasteiger partial charge in [0.25, 0.3) is 6.43 Å². The standard InChI is InChI=1S/C13H12F2N4O/c1-7-2-3-17-6-9(7)8-4-10(12(14)15)18-11(5-8)13(16)19-20/h2-6,12,20H,1H3,(H2,16,19). The minimum absolute atomic E-state index is 0.0106. The molecule has 0 saturated carbocycles. The molecule has 104 valence electrons. The van der Waals surface area contributed by atoms with E-state index in [2.05, 4.69) is 15.1 Å². The first-order valence-corrected chi connectivity index (χ1v) is 5.72. The van der Waals surface area contributed by atoms with Crippen LogP contribution >= 0.6 is 0 Å². The molecule has 0 fully saturated rings. The van der Waals surface area contributed by atoms with Crippen molar-refractivity contribution in [1.82, 2.24) is 9.97 Å². The number of oxime groups is 1. The van der Waals surface area contributed by atoms with Crippen LogP contribution in [0, 0.1) is 6.92 Å². The molecule has 0 aliphatic carbocycles. The van der Waals surface area contributed by atoms with Crippen LogP contribution in [0.25, 0.3) is 11.1 Å². The SMILES string of the molecule is Cc1ccncc1-c1cc(/C(N)=N/O)nc(C(F)F)c1. The summed E-state index contributed by atoms with van der Waals surface area (Å²) in [5.74, 6) is -0.324. The molecule has 2 rings (SSSR count). The Bertz CT molecular complexity index is 659. The Balaban J connectivity index is 2.64. The molecule has 0 unspecified atom stereocenters. The highest BCUT2D eigenvalue weighted by atomic mass is 19.3. The number of hydrogen-bond acceptors (Lipinski definition) is 4. The lowest BCUT2D eigenvalue weighted by atomic mass is 10.0. The normalized spacial score (nSPS) is 11.9. The fourth-order valence-corrected chi connectivity index (χ4v) is 1.77. The van der Waals surface area contributed by atoms with E-state index in [1.165, 1.54) is 12.1 Å². The molecule has 2 heterocycles. The summed E-state index contributed by atoms with van der Waals surface area (Å²) in [5, 5.41) is 11.4. The van der Waals surface area contributed by atoms with Gasteiger partial charge >= 0.3 is 0 Å². The fourth-order valence-electron chi connectivity index (χ4n) is 1.77. The number of amidine groups is 1. The van der Waals surface area contributed by atoms with Crippen LogP contribution < -0.4 is 5.73 Å². The Morgan fingerprint density at radius 3 is 2.75 bits per heavy atom. The first-order valence-electron chi connectivity index (χ1n) is 5.72. The number of nitrogens with zero attached hydrogens (tertiary/aromatic N) is 3. The average Bonchev–Trinajstić information content (AvgIpc) is 2.46. The average molecular weight is 278 g/mol. The molecule has 0 saturated heterocycles. The van der Waals surface area contributed by atoms with Crippen LogP contribution in [0.15, 0.2) is 35.7 Å². The van der Waals surface area contributed by atoms with E-state index in [9.17, 15) is 8.78 Å². The van der Waals surface area contributed by atoms with Crippen molar-refractivity contribution in [1.29, 1.82) is 0 Å². The molecule has 0 atom stereocenters. The molecule has 2 aromatic heterocycles. The van der Waals surface area contributed by atoms with Gasteiger partial charge < -0.3 is 10.9 Å². The van der Waals surface area contributed by atoms with Gasteiger partial charge in [0, 0.05) is 18.0 Å². The largest absolute Gasteiger partial charge is 0.409 e. The lowest BCUT2D eigenvalue weighted by molar-refractivity contribution is 0.146. The molecule has 0 spiro atoms. The molecule has 0 aliphatic rings. The number of rotatable bonds is 3. The zero-order valence-electron chi connectivity index (χ0n) is 10.6. The van der Waals surface area contributed by atoms with E-state index in [1.807, 2.05) is 6.92 Å². The molecular weight excluding hydrogens is 266 g/mol. The van der Waals surface area contributed by atoms with Gasteiger partial charge in [-0.25, -0.2) is 13.8 Å². The van der Waals surface area contributed by atoms with Gasteiger partial charge in [-0.1, -0.05) is 5.16 Å². The van der Waals surface area contributed by atoms with Gasteiger partial charge in [0.15, 0.2) is 5.84 Å². The van der Waals surface area contributed by atoms with Gasteiger partial charge in [-0.3, -0.25) is 4.98 Å². The summed E-state index contributed by atoms with van der Waals surface area (Å²) in [4.78, 5) is 7.64. The van der Waals surface area contributed by atoms with Crippen molar-refractivity contribution in [3.05, 3.63) is 47.5 Å². The lowest BCUT2D eigenvalue weighted by Gasteiger charge is -2.09. The van der Waals surface area contributed by atoms with Gasteiger partial charge in [-0.05, 0) is 36.2 Å². The van der Waals surface area contributed by atoms with Crippen molar-refractivity contribution in [2.75, 3.05) is 0 Å². The van der Waals surface area contributed by atoms with E-state index < -0.39 is 12.1 Å². The number of pyridine rings is 2. The number of alkyl halides is 2. The van der Waals surface area contributed by atoms with Crippen LogP contribution in [0.2, 0.25) is 0 Å². The Morgan fingerprint density at radius 2 is 2.15 bits per heavy atom. The molecular formula is C13H12F2N4O. The van der Waals surface area contributed by atoms with Gasteiger partial charge in [-0.2, -0.15) is 0 Å². The molecule has 20 heavy (non-hydrogen) atoms. The second kappa shape index (κ2) is 5.60. The summed E-state index contributed by atoms with van der Waals surface area (Å²) in [5.41, 5.74) is 7.02. The zero-order valence-corrected chi connectivity index (χ0v) is 10.6. The molecule has 3 N–H and O–H groups in total. The summed E-state index contributed by atoms with van der Waals surface area (Å²) in [6.07, 6.45) is 0.422. The van der Waals surface area contributed by atoms with Crippen molar-refractivity contribution in [3.8, 4) is 11.1 Å². The summed E-state index contributed by atoms with van der Waals surface area (Å²) in [6, 6.07) is 4.51. The smallest absolute Gasteiger partial charge is 0.280 e. The Morgan fingerprint density at radius 1 is 1.40 bits per heavy atom. The quantitative estimate of drug-likeness (QED) is 0.391. The zero-order chi connectivity index (χ0) is 14.7. The van der Waals surface area contributed by atoms with Crippen LogP contribution in [-0.2, 0) is 0 Å². The maximum atomic E-state index is 12.9. The minimum atomic E-state index is -2.75. The monoisotopic (exact) mass is 278 g/mol. The minimum Gasteiger partial charge on any atom is -0.409 e. The molecule has 0 aromatic carbocycles. The van der Waals surface area contributed by atoms with Crippen LogP contribution in [0.1, 0.15) is 23.4 Å². The lowest BCUT2D eigenvalue weighted by Crippen LogP contribution is -2.16. The van der Waals surface area contributed by atoms with E-state index in [1.54, 1.807) is 18.5 Å². The summed E-state index contributed by atoms with van der Waals surface area (Å²) < 4.78 is 25.8. The van der Waals surface area contributed by atoms with Crippen molar-refractivity contribution < 1.29 is 14.0 Å². The van der Waals surface area contributed by atoms with Crippen molar-refractivity contribution in [2.24, 2.45) is 10.9 Å². The molecule has 7 heteroatoms. The number of aromatic nitrogens is 2. The topological polar surface area (TPSA) is 84.4 Å². The van der Waals surface area contributed by atoms with Crippen LogP contribution in [0.5, 0.6) is 0 Å². The van der Waals surface area contributed by atoms with Crippen molar-refractivity contribution in [3.63, 3.8) is 0 Å². The number of hydrogen-bond donors (Lipinski definition) is 2. The van der Waals surface area contributed by atoms with Crippen molar-refractivity contribution >= 4 is 5.84 Å². The second-order valence-corrected chi connectivity index (χ2v) is 4.14. The van der Waals surface area contributed by atoms with Crippen LogP contribution in [0.3, 0.4) is 0 Å². The van der Waals surface area contributed by atoms with Gasteiger partial charge in [0.05, 0.1) is 0 Å². The van der Waals surface area contributed by atoms with Crippen LogP contribution in [-0.4, -0.2) is 21.0 Å². The summed E-state index contributed by atoms with van der Waals surface area (Å²) in [6.45, 7) is 1.84. The molecule has 0 bridgehead atoms. The fraction of sp³-hybridized carbons (Fsp3) is 0.154. The first-order chi connectivity index (χ1) is 9.52. The van der Waals surface area contributed by atoms with Gasteiger partial charge in [0.1, 0.15) is 11.4 Å². The molecule has 0 radical (unpaired) electrons. The molecule has 2 aromatic rings. The van der Waals surface area contributed by atoms with Gasteiger partial charge in [-0.15, -0.1) is 0 Å². The first kappa shape index (κ1) is 13.9. The highest BCUT2D eigenvalue weighted by Gasteiger charge is 2.15. The molecule has 0 amide bonds. The number of nitrogens with two attached hydrogens (primary N) is 1. The highest BCUT2D eigenvalue weighted by Crippen LogP contribution is 2.27. The number of aryl methyl sites for hydroxylation is 1. The van der Waals surface area contributed by atoms with E-state index in [4.69, 9.17) is 10.9 Å². The maximum absolute atomic E-state index is 12.9. The van der Waals surface area contributed by atoms with E-state index in [0.717, 1.165) is 5.56 Å². The van der Waals surface area contributed by atoms with E-state index in [-0.39, 0.29) is 11.5 Å². The predicted octanol–water partition coefficient (Wildman–Crippen LogP) is 2.48. The summed E-state index contributed by atoms with van der Waals surface area (Å²) in [7, 11) is 0. The molecule has 5 nitrogen and oxygen atoms in total. The second-order valence-electron chi connectivity index (χ2n) is 4.14.